The Labute approximate surface area is 118 Å². The summed E-state index contributed by atoms with van der Waals surface area (Å²) in [5, 5.41) is 15.2. The Morgan fingerprint density at radius 2 is 2.00 bits per heavy atom. The molecule has 1 aromatic heterocycles. The predicted molar refractivity (Wildman–Crippen MR) is 72.5 cm³/mol. The first-order chi connectivity index (χ1) is 9.04. The summed E-state index contributed by atoms with van der Waals surface area (Å²) < 4.78 is 24.0. The van der Waals surface area contributed by atoms with Crippen molar-refractivity contribution in [2.24, 2.45) is 18.1 Å². The number of aliphatic hydroxyl groups is 1. The molecule has 1 amide bonds. The smallest absolute Gasteiger partial charge is 0.270 e. The van der Waals surface area contributed by atoms with Crippen LogP contribution in [0.4, 0.5) is 0 Å². The van der Waals surface area contributed by atoms with Crippen molar-refractivity contribution < 1.29 is 18.3 Å². The first kappa shape index (κ1) is 15.0. The van der Waals surface area contributed by atoms with Crippen LogP contribution < -0.4 is 5.14 Å². The molecule has 112 valence electrons. The molecule has 0 aliphatic carbocycles. The van der Waals surface area contributed by atoms with Gasteiger partial charge in [-0.25, -0.2) is 13.6 Å². The Balaban J connectivity index is 2.19. The number of amides is 1. The van der Waals surface area contributed by atoms with E-state index >= 15 is 0 Å². The maximum absolute atomic E-state index is 12.3. The highest BCUT2D eigenvalue weighted by Gasteiger charge is 2.46. The van der Waals surface area contributed by atoms with Gasteiger partial charge >= 0.3 is 0 Å². The van der Waals surface area contributed by atoms with Crippen LogP contribution in [0.25, 0.3) is 0 Å². The second-order valence-electron chi connectivity index (χ2n) is 5.64. The highest BCUT2D eigenvalue weighted by Crippen LogP contribution is 2.30. The Morgan fingerprint density at radius 3 is 2.40 bits per heavy atom. The molecule has 2 rings (SSSR count). The summed E-state index contributed by atoms with van der Waals surface area (Å²) >= 11 is 0. The van der Waals surface area contributed by atoms with Gasteiger partial charge in [-0.05, 0) is 12.0 Å². The van der Waals surface area contributed by atoms with Crippen molar-refractivity contribution >= 4 is 15.9 Å². The number of sulfonamides is 1. The molecule has 8 heteroatoms. The highest BCUT2D eigenvalue weighted by molar-refractivity contribution is 7.89. The SMILES string of the molecule is CC(C)C1(O)CN(C(=O)c2cc(S(N)(=O)=O)cn2C)C1. The van der Waals surface area contributed by atoms with Crippen LogP contribution in [0.5, 0.6) is 0 Å². The van der Waals surface area contributed by atoms with Crippen molar-refractivity contribution in [1.29, 1.82) is 0 Å². The van der Waals surface area contributed by atoms with Gasteiger partial charge in [0.15, 0.2) is 0 Å². The largest absolute Gasteiger partial charge is 0.386 e. The van der Waals surface area contributed by atoms with Crippen molar-refractivity contribution in [1.82, 2.24) is 9.47 Å². The van der Waals surface area contributed by atoms with E-state index in [1.165, 1.54) is 21.7 Å². The number of aromatic nitrogens is 1. The molecular weight excluding hydrogens is 282 g/mol. The fraction of sp³-hybridized carbons (Fsp3) is 0.583. The molecule has 1 aliphatic rings. The number of hydrogen-bond acceptors (Lipinski definition) is 4. The van der Waals surface area contributed by atoms with Crippen LogP contribution in [0.3, 0.4) is 0 Å². The first-order valence-corrected chi connectivity index (χ1v) is 7.80. The minimum Gasteiger partial charge on any atom is -0.386 e. The lowest BCUT2D eigenvalue weighted by Gasteiger charge is -2.48. The number of likely N-dealkylation sites (tertiary alicyclic amines) is 1. The van der Waals surface area contributed by atoms with E-state index in [0.29, 0.717) is 0 Å². The van der Waals surface area contributed by atoms with Crippen LogP contribution in [0.1, 0.15) is 24.3 Å². The van der Waals surface area contributed by atoms with Crippen molar-refractivity contribution in [3.63, 3.8) is 0 Å². The highest BCUT2D eigenvalue weighted by atomic mass is 32.2. The predicted octanol–water partition coefficient (Wildman–Crippen LogP) is -0.485. The molecule has 1 saturated heterocycles. The number of nitrogens with zero attached hydrogens (tertiary/aromatic N) is 2. The number of carbonyl (C=O) groups excluding carboxylic acids is 1. The van der Waals surface area contributed by atoms with E-state index in [0.717, 1.165) is 0 Å². The summed E-state index contributed by atoms with van der Waals surface area (Å²) in [7, 11) is -2.25. The summed E-state index contributed by atoms with van der Waals surface area (Å²) in [4.78, 5) is 13.7. The summed E-state index contributed by atoms with van der Waals surface area (Å²) in [6, 6.07) is 1.25. The molecule has 0 saturated carbocycles. The van der Waals surface area contributed by atoms with Crippen LogP contribution >= 0.6 is 0 Å². The summed E-state index contributed by atoms with van der Waals surface area (Å²) in [6.45, 7) is 4.28. The zero-order valence-electron chi connectivity index (χ0n) is 11.7. The lowest BCUT2D eigenvalue weighted by atomic mass is 9.83. The lowest BCUT2D eigenvalue weighted by Crippen LogP contribution is -2.66. The van der Waals surface area contributed by atoms with E-state index in [2.05, 4.69) is 0 Å². The van der Waals surface area contributed by atoms with Crippen molar-refractivity contribution in [3.05, 3.63) is 18.0 Å². The Bertz CT molecular complexity index is 642. The maximum Gasteiger partial charge on any atom is 0.270 e. The number of primary sulfonamides is 1. The van der Waals surface area contributed by atoms with E-state index < -0.39 is 15.6 Å². The van der Waals surface area contributed by atoms with Gasteiger partial charge < -0.3 is 14.6 Å². The maximum atomic E-state index is 12.3. The van der Waals surface area contributed by atoms with Gasteiger partial charge in [0, 0.05) is 13.2 Å². The van der Waals surface area contributed by atoms with Gasteiger partial charge in [-0.3, -0.25) is 4.79 Å². The topological polar surface area (TPSA) is 106 Å². The number of aryl methyl sites for hydroxylation is 1. The molecule has 1 aliphatic heterocycles. The third-order valence-corrected chi connectivity index (χ3v) is 4.70. The number of rotatable bonds is 3. The average Bonchev–Trinajstić information content (AvgIpc) is 2.65. The molecule has 0 spiro atoms. The van der Waals surface area contributed by atoms with Gasteiger partial charge in [0.2, 0.25) is 10.0 Å². The van der Waals surface area contributed by atoms with E-state index in [4.69, 9.17) is 5.14 Å². The number of hydrogen-bond donors (Lipinski definition) is 2. The zero-order valence-corrected chi connectivity index (χ0v) is 12.5. The van der Waals surface area contributed by atoms with E-state index in [1.807, 2.05) is 13.8 Å². The third kappa shape index (κ3) is 2.46. The number of carbonyl (C=O) groups is 1. The normalized spacial score (nSPS) is 18.2. The Kier molecular flexibility index (Phi) is 3.43. The monoisotopic (exact) mass is 301 g/mol. The van der Waals surface area contributed by atoms with Crippen LogP contribution in [-0.4, -0.2) is 47.6 Å². The van der Waals surface area contributed by atoms with Crippen molar-refractivity contribution in [3.8, 4) is 0 Å². The van der Waals surface area contributed by atoms with Crippen LogP contribution in [0.2, 0.25) is 0 Å². The molecule has 0 unspecified atom stereocenters. The molecule has 3 N–H and O–H groups in total. The van der Waals surface area contributed by atoms with E-state index in [1.54, 1.807) is 7.05 Å². The fourth-order valence-electron chi connectivity index (χ4n) is 2.19. The molecule has 0 aromatic carbocycles. The van der Waals surface area contributed by atoms with Crippen molar-refractivity contribution in [2.75, 3.05) is 13.1 Å². The average molecular weight is 301 g/mol. The minimum absolute atomic E-state index is 0.0555. The van der Waals surface area contributed by atoms with Gasteiger partial charge in [0.1, 0.15) is 16.2 Å². The number of nitrogens with two attached hydrogens (primary N) is 1. The quantitative estimate of drug-likeness (QED) is 0.786. The molecule has 2 heterocycles. The van der Waals surface area contributed by atoms with Gasteiger partial charge in [-0.1, -0.05) is 13.8 Å². The molecule has 1 fully saturated rings. The third-order valence-electron chi connectivity index (χ3n) is 3.82. The molecule has 1 aromatic rings. The van der Waals surface area contributed by atoms with E-state index in [9.17, 15) is 18.3 Å². The van der Waals surface area contributed by atoms with Crippen LogP contribution in [-0.2, 0) is 17.1 Å². The molecule has 0 radical (unpaired) electrons. The first-order valence-electron chi connectivity index (χ1n) is 6.25. The van der Waals surface area contributed by atoms with Crippen LogP contribution in [0.15, 0.2) is 17.2 Å². The molecule has 0 bridgehead atoms. The summed E-state index contributed by atoms with van der Waals surface area (Å²) in [5.74, 6) is -0.257. The van der Waals surface area contributed by atoms with Gasteiger partial charge in [0.25, 0.3) is 5.91 Å². The molecular formula is C12H19N3O4S. The molecule has 7 nitrogen and oxygen atoms in total. The lowest BCUT2D eigenvalue weighted by molar-refractivity contribution is -0.111. The number of β-amino-alcohol motifs (C(OH)–C–C–N with tert-alkyl or cyclic N) is 1. The second-order valence-corrected chi connectivity index (χ2v) is 7.20. The van der Waals surface area contributed by atoms with E-state index in [-0.39, 0.29) is 35.5 Å². The Morgan fingerprint density at radius 1 is 1.45 bits per heavy atom. The van der Waals surface area contributed by atoms with Gasteiger partial charge in [-0.15, -0.1) is 0 Å². The molecule has 0 atom stereocenters. The molecule has 20 heavy (non-hydrogen) atoms. The zero-order chi connectivity index (χ0) is 15.3. The standard InChI is InChI=1S/C12H19N3O4S/c1-8(2)12(17)6-15(7-12)11(16)10-4-9(5-14(10)3)20(13,18)19/h4-5,8,17H,6-7H2,1-3H3,(H2,13,18,19). The Hall–Kier alpha value is -1.38. The second kappa shape index (κ2) is 4.57. The van der Waals surface area contributed by atoms with Gasteiger partial charge in [0.05, 0.1) is 13.1 Å². The summed E-state index contributed by atoms with van der Waals surface area (Å²) in [5.41, 5.74) is -0.622. The fourth-order valence-corrected chi connectivity index (χ4v) is 2.77. The van der Waals surface area contributed by atoms with Crippen molar-refractivity contribution in [2.45, 2.75) is 24.3 Å². The minimum atomic E-state index is -3.83. The van der Waals surface area contributed by atoms with Gasteiger partial charge in [-0.2, -0.15) is 0 Å². The summed E-state index contributed by atoms with van der Waals surface area (Å²) in [6.07, 6.45) is 1.30. The van der Waals surface area contributed by atoms with Crippen LogP contribution in [0, 0.1) is 5.92 Å².